The molecular formula is C14H26N4OS. The molecule has 1 amide bonds. The molecule has 0 bridgehead atoms. The first-order valence-electron chi connectivity index (χ1n) is 6.86. The van der Waals surface area contributed by atoms with Crippen LogP contribution in [0.3, 0.4) is 0 Å². The number of likely N-dealkylation sites (N-methyl/N-ethyl adjacent to an activating group) is 1. The Balaban J connectivity index is 2.68. The van der Waals surface area contributed by atoms with Crippen LogP contribution >= 0.6 is 11.3 Å². The number of anilines is 2. The van der Waals surface area contributed by atoms with Crippen LogP contribution in [0.15, 0.2) is 6.07 Å². The lowest BCUT2D eigenvalue weighted by molar-refractivity contribution is 0.0958. The molecule has 0 radical (unpaired) electrons. The van der Waals surface area contributed by atoms with Gasteiger partial charge in [0.2, 0.25) is 0 Å². The molecule has 0 saturated heterocycles. The Morgan fingerprint density at radius 2 is 2.10 bits per heavy atom. The van der Waals surface area contributed by atoms with E-state index < -0.39 is 0 Å². The Kier molecular flexibility index (Phi) is 5.83. The van der Waals surface area contributed by atoms with Crippen LogP contribution in [0.2, 0.25) is 0 Å². The van der Waals surface area contributed by atoms with E-state index in [2.05, 4.69) is 29.4 Å². The minimum absolute atomic E-state index is 0.0311. The molecule has 6 heteroatoms. The zero-order valence-corrected chi connectivity index (χ0v) is 13.9. The Morgan fingerprint density at radius 1 is 1.45 bits per heavy atom. The van der Waals surface area contributed by atoms with E-state index in [4.69, 9.17) is 5.73 Å². The van der Waals surface area contributed by atoms with Crippen LogP contribution in [0.25, 0.3) is 0 Å². The quantitative estimate of drug-likeness (QED) is 0.722. The van der Waals surface area contributed by atoms with Crippen LogP contribution in [0.1, 0.15) is 36.9 Å². The minimum atomic E-state index is -0.0886. The van der Waals surface area contributed by atoms with Gasteiger partial charge in [0.25, 0.3) is 5.91 Å². The maximum atomic E-state index is 11.9. The highest BCUT2D eigenvalue weighted by Crippen LogP contribution is 2.29. The van der Waals surface area contributed by atoms with E-state index in [1.54, 1.807) is 0 Å². The molecule has 0 aliphatic rings. The summed E-state index contributed by atoms with van der Waals surface area (Å²) in [6.45, 7) is 7.80. The molecule has 1 aromatic heterocycles. The molecule has 1 rings (SSSR count). The van der Waals surface area contributed by atoms with Crippen molar-refractivity contribution in [3.8, 4) is 0 Å². The van der Waals surface area contributed by atoms with Crippen molar-refractivity contribution in [1.29, 1.82) is 0 Å². The number of hydrogen-bond donors (Lipinski definition) is 3. The van der Waals surface area contributed by atoms with Gasteiger partial charge in [0, 0.05) is 18.6 Å². The monoisotopic (exact) mass is 298 g/mol. The molecule has 20 heavy (non-hydrogen) atoms. The predicted molar refractivity (Wildman–Crippen MR) is 87.6 cm³/mol. The van der Waals surface area contributed by atoms with Gasteiger partial charge in [-0.2, -0.15) is 0 Å². The van der Waals surface area contributed by atoms with Crippen LogP contribution in [0, 0.1) is 0 Å². The summed E-state index contributed by atoms with van der Waals surface area (Å²) in [6.07, 6.45) is 0.916. The Bertz CT molecular complexity index is 454. The SMILES string of the molecule is CCCNC(=O)c1sc(NCC(C)(C)N(C)C)cc1N. The Hall–Kier alpha value is -1.27. The van der Waals surface area contributed by atoms with E-state index in [0.717, 1.165) is 18.0 Å². The first-order valence-corrected chi connectivity index (χ1v) is 7.68. The molecule has 0 aromatic carbocycles. The summed E-state index contributed by atoms with van der Waals surface area (Å²) >= 11 is 1.40. The molecule has 0 aliphatic carbocycles. The zero-order valence-electron chi connectivity index (χ0n) is 13.0. The fourth-order valence-electron chi connectivity index (χ4n) is 1.45. The minimum Gasteiger partial charge on any atom is -0.397 e. The summed E-state index contributed by atoms with van der Waals surface area (Å²) in [6, 6.07) is 1.83. The van der Waals surface area contributed by atoms with Gasteiger partial charge in [0.1, 0.15) is 4.88 Å². The molecule has 4 N–H and O–H groups in total. The van der Waals surface area contributed by atoms with E-state index in [9.17, 15) is 4.79 Å². The average molecular weight is 298 g/mol. The molecule has 1 heterocycles. The molecule has 0 spiro atoms. The van der Waals surface area contributed by atoms with Crippen LogP contribution < -0.4 is 16.4 Å². The average Bonchev–Trinajstić information content (AvgIpc) is 2.75. The second kappa shape index (κ2) is 6.95. The van der Waals surface area contributed by atoms with Crippen molar-refractivity contribution in [2.24, 2.45) is 0 Å². The third kappa shape index (κ3) is 4.38. The van der Waals surface area contributed by atoms with Gasteiger partial charge in [-0.15, -0.1) is 11.3 Å². The number of nitrogens with one attached hydrogen (secondary N) is 2. The maximum absolute atomic E-state index is 11.9. The molecule has 0 aliphatic heterocycles. The Labute approximate surface area is 125 Å². The first kappa shape index (κ1) is 16.8. The summed E-state index contributed by atoms with van der Waals surface area (Å²) in [7, 11) is 4.10. The lowest BCUT2D eigenvalue weighted by Crippen LogP contribution is -2.44. The molecule has 114 valence electrons. The highest BCUT2D eigenvalue weighted by molar-refractivity contribution is 7.18. The smallest absolute Gasteiger partial charge is 0.263 e. The van der Waals surface area contributed by atoms with Crippen molar-refractivity contribution >= 4 is 27.9 Å². The van der Waals surface area contributed by atoms with Crippen LogP contribution in [0.4, 0.5) is 10.7 Å². The van der Waals surface area contributed by atoms with Gasteiger partial charge in [0.15, 0.2) is 0 Å². The molecule has 1 aromatic rings. The summed E-state index contributed by atoms with van der Waals surface area (Å²) in [4.78, 5) is 14.7. The van der Waals surface area contributed by atoms with E-state index in [-0.39, 0.29) is 11.4 Å². The number of nitrogens with zero attached hydrogens (tertiary/aromatic N) is 1. The topological polar surface area (TPSA) is 70.4 Å². The molecular weight excluding hydrogens is 272 g/mol. The fraction of sp³-hybridized carbons (Fsp3) is 0.643. The van der Waals surface area contributed by atoms with Crippen LogP contribution in [-0.2, 0) is 0 Å². The van der Waals surface area contributed by atoms with Crippen molar-refractivity contribution < 1.29 is 4.79 Å². The summed E-state index contributed by atoms with van der Waals surface area (Å²) < 4.78 is 0. The first-order chi connectivity index (χ1) is 9.27. The van der Waals surface area contributed by atoms with Gasteiger partial charge in [0.05, 0.1) is 10.7 Å². The fourth-order valence-corrected chi connectivity index (χ4v) is 2.34. The number of hydrogen-bond acceptors (Lipinski definition) is 5. The standard InChI is InChI=1S/C14H26N4OS/c1-6-7-16-13(19)12-10(15)8-11(20-12)17-9-14(2,3)18(4)5/h8,17H,6-7,9,15H2,1-5H3,(H,16,19). The van der Waals surface area contributed by atoms with Gasteiger partial charge in [-0.05, 0) is 40.4 Å². The van der Waals surface area contributed by atoms with Crippen LogP contribution in [0.5, 0.6) is 0 Å². The predicted octanol–water partition coefficient (Wildman–Crippen LogP) is 2.22. The van der Waals surface area contributed by atoms with Gasteiger partial charge >= 0.3 is 0 Å². The maximum Gasteiger partial charge on any atom is 0.263 e. The van der Waals surface area contributed by atoms with Gasteiger partial charge in [-0.25, -0.2) is 0 Å². The number of carbonyl (C=O) groups is 1. The lowest BCUT2D eigenvalue weighted by atomic mass is 10.0. The lowest BCUT2D eigenvalue weighted by Gasteiger charge is -2.32. The second-order valence-corrected chi connectivity index (χ2v) is 6.76. The van der Waals surface area contributed by atoms with Crippen molar-refractivity contribution in [2.75, 3.05) is 38.2 Å². The summed E-state index contributed by atoms with van der Waals surface area (Å²) in [5.74, 6) is -0.0886. The number of rotatable bonds is 7. The third-order valence-electron chi connectivity index (χ3n) is 3.41. The van der Waals surface area contributed by atoms with Gasteiger partial charge in [-0.1, -0.05) is 6.92 Å². The molecule has 0 saturated carbocycles. The normalized spacial score (nSPS) is 11.7. The van der Waals surface area contributed by atoms with Gasteiger partial charge in [-0.3, -0.25) is 4.79 Å². The van der Waals surface area contributed by atoms with Crippen molar-refractivity contribution in [3.05, 3.63) is 10.9 Å². The molecule has 0 atom stereocenters. The van der Waals surface area contributed by atoms with Crippen molar-refractivity contribution in [2.45, 2.75) is 32.7 Å². The Morgan fingerprint density at radius 3 is 2.65 bits per heavy atom. The number of nitrogen functional groups attached to an aromatic ring is 1. The number of thiophene rings is 1. The number of nitrogens with two attached hydrogens (primary N) is 1. The molecule has 0 fully saturated rings. The zero-order chi connectivity index (χ0) is 15.3. The molecule has 5 nitrogen and oxygen atoms in total. The van der Waals surface area contributed by atoms with E-state index in [0.29, 0.717) is 17.1 Å². The highest BCUT2D eigenvalue weighted by atomic mass is 32.1. The number of amides is 1. The van der Waals surface area contributed by atoms with Gasteiger partial charge < -0.3 is 21.3 Å². The van der Waals surface area contributed by atoms with E-state index >= 15 is 0 Å². The summed E-state index contributed by atoms with van der Waals surface area (Å²) in [5.41, 5.74) is 6.48. The largest absolute Gasteiger partial charge is 0.397 e. The van der Waals surface area contributed by atoms with Crippen molar-refractivity contribution in [3.63, 3.8) is 0 Å². The van der Waals surface area contributed by atoms with Crippen molar-refractivity contribution in [1.82, 2.24) is 10.2 Å². The summed E-state index contributed by atoms with van der Waals surface area (Å²) in [5, 5.41) is 7.13. The molecule has 0 unspecified atom stereocenters. The third-order valence-corrected chi connectivity index (χ3v) is 4.52. The van der Waals surface area contributed by atoms with E-state index in [1.165, 1.54) is 11.3 Å². The second-order valence-electron chi connectivity index (χ2n) is 5.71. The number of carbonyl (C=O) groups excluding carboxylic acids is 1. The van der Waals surface area contributed by atoms with Crippen LogP contribution in [-0.4, -0.2) is 43.5 Å². The highest BCUT2D eigenvalue weighted by Gasteiger charge is 2.21. The van der Waals surface area contributed by atoms with E-state index in [1.807, 2.05) is 27.1 Å².